The van der Waals surface area contributed by atoms with Crippen LogP contribution in [0.2, 0.25) is 0 Å². The van der Waals surface area contributed by atoms with Crippen LogP contribution in [0.15, 0.2) is 24.3 Å². The second-order valence-electron chi connectivity index (χ2n) is 2.72. The van der Waals surface area contributed by atoms with Gasteiger partial charge in [-0.3, -0.25) is 0 Å². The zero-order valence-electron chi connectivity index (χ0n) is 7.16. The molecule has 0 amide bonds. The van der Waals surface area contributed by atoms with E-state index in [1.54, 1.807) is 7.11 Å². The lowest BCUT2D eigenvalue weighted by molar-refractivity contribution is 0.417. The zero-order valence-corrected chi connectivity index (χ0v) is 7.16. The maximum absolute atomic E-state index is 5.17. The molecule has 2 nitrogen and oxygen atoms in total. The maximum atomic E-state index is 5.17. The molecule has 1 radical (unpaired) electrons. The standard InChI is InChI=1S/C10H10NO/c1-11-7-10(12-2)8-5-3-4-6-9(8)11/h3-6H,1-2H3. The number of rotatable bonds is 1. The highest BCUT2D eigenvalue weighted by Crippen LogP contribution is 2.25. The van der Waals surface area contributed by atoms with Crippen LogP contribution in [0.3, 0.4) is 0 Å². The van der Waals surface area contributed by atoms with Crippen LogP contribution >= 0.6 is 0 Å². The Hall–Kier alpha value is -1.44. The second-order valence-corrected chi connectivity index (χ2v) is 2.72. The summed E-state index contributed by atoms with van der Waals surface area (Å²) < 4.78 is 7.11. The first-order valence-electron chi connectivity index (χ1n) is 3.83. The molecule has 1 heterocycles. The van der Waals surface area contributed by atoms with Gasteiger partial charge in [0.05, 0.1) is 12.6 Å². The Labute approximate surface area is 71.4 Å². The van der Waals surface area contributed by atoms with Crippen molar-refractivity contribution in [2.24, 2.45) is 7.05 Å². The highest BCUT2D eigenvalue weighted by Gasteiger charge is 2.04. The highest BCUT2D eigenvalue weighted by atomic mass is 16.5. The van der Waals surface area contributed by atoms with E-state index in [1.807, 2.05) is 35.9 Å². The third kappa shape index (κ3) is 0.881. The number of nitrogens with zero attached hydrogens (tertiary/aromatic N) is 1. The second kappa shape index (κ2) is 2.55. The summed E-state index contributed by atoms with van der Waals surface area (Å²) in [6.45, 7) is 0. The molecule has 0 bridgehead atoms. The molecule has 0 saturated carbocycles. The lowest BCUT2D eigenvalue weighted by atomic mass is 10.2. The van der Waals surface area contributed by atoms with Crippen molar-refractivity contribution >= 4 is 10.9 Å². The molecule has 0 aliphatic heterocycles. The smallest absolute Gasteiger partial charge is 0.154 e. The molecule has 12 heavy (non-hydrogen) atoms. The Kier molecular flexibility index (Phi) is 1.54. The van der Waals surface area contributed by atoms with E-state index < -0.39 is 0 Å². The van der Waals surface area contributed by atoms with Gasteiger partial charge in [-0.05, 0) is 12.1 Å². The van der Waals surface area contributed by atoms with Crippen LogP contribution in [0.25, 0.3) is 10.9 Å². The summed E-state index contributed by atoms with van der Waals surface area (Å²) in [4.78, 5) is 0. The lowest BCUT2D eigenvalue weighted by Crippen LogP contribution is -1.83. The SMILES string of the molecule is COc1[c]n(C)c2ccccc12. The van der Waals surface area contributed by atoms with Crippen molar-refractivity contribution in [2.45, 2.75) is 0 Å². The van der Waals surface area contributed by atoms with Crippen molar-refractivity contribution in [2.75, 3.05) is 7.11 Å². The predicted molar refractivity (Wildman–Crippen MR) is 48.3 cm³/mol. The Balaban J connectivity index is 2.82. The minimum absolute atomic E-state index is 0.813. The van der Waals surface area contributed by atoms with E-state index in [0.29, 0.717) is 0 Å². The number of para-hydroxylation sites is 1. The van der Waals surface area contributed by atoms with Crippen LogP contribution in [0.1, 0.15) is 0 Å². The first-order valence-corrected chi connectivity index (χ1v) is 3.83. The summed E-state index contributed by atoms with van der Waals surface area (Å²) in [5.74, 6) is 0.813. The van der Waals surface area contributed by atoms with Crippen molar-refractivity contribution in [1.82, 2.24) is 4.57 Å². The van der Waals surface area contributed by atoms with Crippen molar-refractivity contribution in [3.05, 3.63) is 30.5 Å². The Bertz CT molecular complexity index is 403. The maximum Gasteiger partial charge on any atom is 0.154 e. The molecule has 0 atom stereocenters. The van der Waals surface area contributed by atoms with E-state index in [1.165, 1.54) is 0 Å². The van der Waals surface area contributed by atoms with Gasteiger partial charge in [0.2, 0.25) is 0 Å². The normalized spacial score (nSPS) is 10.5. The molecule has 1 aromatic carbocycles. The average Bonchev–Trinajstić information content (AvgIpc) is 2.44. The molecule has 0 saturated heterocycles. The average molecular weight is 160 g/mol. The summed E-state index contributed by atoms with van der Waals surface area (Å²) in [5.41, 5.74) is 1.15. The van der Waals surface area contributed by atoms with Gasteiger partial charge in [-0.1, -0.05) is 12.1 Å². The molecule has 0 spiro atoms. The Morgan fingerprint density at radius 2 is 2.08 bits per heavy atom. The van der Waals surface area contributed by atoms with Gasteiger partial charge < -0.3 is 9.30 Å². The van der Waals surface area contributed by atoms with Crippen LogP contribution in [0.4, 0.5) is 0 Å². The van der Waals surface area contributed by atoms with Crippen LogP contribution in [0, 0.1) is 6.20 Å². The number of aryl methyl sites for hydroxylation is 1. The predicted octanol–water partition coefficient (Wildman–Crippen LogP) is 1.99. The van der Waals surface area contributed by atoms with E-state index in [4.69, 9.17) is 4.74 Å². The van der Waals surface area contributed by atoms with Gasteiger partial charge in [-0.15, -0.1) is 0 Å². The quantitative estimate of drug-likeness (QED) is 0.622. The molecule has 2 aromatic rings. The molecule has 0 aliphatic rings. The van der Waals surface area contributed by atoms with E-state index >= 15 is 0 Å². The molecule has 0 aliphatic carbocycles. The summed E-state index contributed by atoms with van der Waals surface area (Å²) in [7, 11) is 3.63. The Morgan fingerprint density at radius 1 is 1.33 bits per heavy atom. The molecule has 0 fully saturated rings. The Morgan fingerprint density at radius 3 is 2.83 bits per heavy atom. The van der Waals surface area contributed by atoms with Crippen LogP contribution < -0.4 is 4.74 Å². The minimum atomic E-state index is 0.813. The van der Waals surface area contributed by atoms with Crippen LogP contribution in [0.5, 0.6) is 5.75 Å². The molecule has 0 N–H and O–H groups in total. The number of ether oxygens (including phenoxy) is 1. The van der Waals surface area contributed by atoms with Crippen molar-refractivity contribution in [3.8, 4) is 5.75 Å². The first kappa shape index (κ1) is 7.22. The topological polar surface area (TPSA) is 14.2 Å². The van der Waals surface area contributed by atoms with E-state index in [-0.39, 0.29) is 0 Å². The number of methoxy groups -OCH3 is 1. The van der Waals surface area contributed by atoms with Crippen molar-refractivity contribution in [3.63, 3.8) is 0 Å². The number of benzene rings is 1. The third-order valence-electron chi connectivity index (χ3n) is 1.98. The lowest BCUT2D eigenvalue weighted by Gasteiger charge is -1.93. The van der Waals surface area contributed by atoms with E-state index in [9.17, 15) is 0 Å². The van der Waals surface area contributed by atoms with Gasteiger partial charge >= 0.3 is 0 Å². The molecule has 0 unspecified atom stereocenters. The monoisotopic (exact) mass is 160 g/mol. The van der Waals surface area contributed by atoms with Crippen LogP contribution in [-0.2, 0) is 7.05 Å². The molecule has 2 rings (SSSR count). The fourth-order valence-electron chi connectivity index (χ4n) is 1.39. The van der Waals surface area contributed by atoms with Crippen molar-refractivity contribution in [1.29, 1.82) is 0 Å². The molecular weight excluding hydrogens is 150 g/mol. The number of hydrogen-bond donors (Lipinski definition) is 0. The van der Waals surface area contributed by atoms with E-state index in [2.05, 4.69) is 6.20 Å². The highest BCUT2D eigenvalue weighted by molar-refractivity contribution is 5.86. The minimum Gasteiger partial charge on any atom is -0.494 e. The summed E-state index contributed by atoms with van der Waals surface area (Å²) >= 11 is 0. The van der Waals surface area contributed by atoms with Gasteiger partial charge in [0, 0.05) is 12.4 Å². The fourth-order valence-corrected chi connectivity index (χ4v) is 1.39. The van der Waals surface area contributed by atoms with Gasteiger partial charge in [-0.25, -0.2) is 0 Å². The molecule has 2 heteroatoms. The first-order chi connectivity index (χ1) is 5.83. The summed E-state index contributed by atoms with van der Waals surface area (Å²) in [5, 5.41) is 1.11. The summed E-state index contributed by atoms with van der Waals surface area (Å²) in [6, 6.07) is 8.09. The van der Waals surface area contributed by atoms with Crippen molar-refractivity contribution < 1.29 is 4.74 Å². The van der Waals surface area contributed by atoms with E-state index in [0.717, 1.165) is 16.7 Å². The fraction of sp³-hybridized carbons (Fsp3) is 0.200. The largest absolute Gasteiger partial charge is 0.494 e. The number of aromatic nitrogens is 1. The molecular formula is C10H10NO. The van der Waals surface area contributed by atoms with Crippen LogP contribution in [-0.4, -0.2) is 11.7 Å². The number of hydrogen-bond acceptors (Lipinski definition) is 1. The molecule has 61 valence electrons. The third-order valence-corrected chi connectivity index (χ3v) is 1.98. The number of fused-ring (bicyclic) bond motifs is 1. The van der Waals surface area contributed by atoms with Gasteiger partial charge in [0.15, 0.2) is 5.75 Å². The molecule has 1 aromatic heterocycles. The van der Waals surface area contributed by atoms with Gasteiger partial charge in [-0.2, -0.15) is 0 Å². The van der Waals surface area contributed by atoms with Gasteiger partial charge in [0.25, 0.3) is 0 Å². The zero-order chi connectivity index (χ0) is 8.55. The summed E-state index contributed by atoms with van der Waals surface area (Å²) in [6.07, 6.45) is 3.10. The van der Waals surface area contributed by atoms with Gasteiger partial charge in [0.1, 0.15) is 6.20 Å².